The normalized spacial score (nSPS) is 18.0. The lowest BCUT2D eigenvalue weighted by Crippen LogP contribution is -2.44. The van der Waals surface area contributed by atoms with E-state index in [1.807, 2.05) is 0 Å². The van der Waals surface area contributed by atoms with Gasteiger partial charge in [0.15, 0.2) is 0 Å². The largest absolute Gasteiger partial charge is 0.346 e. The molecule has 36 heavy (non-hydrogen) atoms. The van der Waals surface area contributed by atoms with E-state index in [9.17, 15) is 0 Å². The summed E-state index contributed by atoms with van der Waals surface area (Å²) >= 11 is 0. The SMILES string of the molecule is CC1=Cc2c(-c3ccccc3)cccc2C1B(C1C(C)=Cc2c(-c3ccccc3)cccc21)N(C)C. The third kappa shape index (κ3) is 3.68. The molecule has 176 valence electrons. The Kier molecular flexibility index (Phi) is 5.78. The van der Waals surface area contributed by atoms with Gasteiger partial charge in [-0.05, 0) is 72.5 Å². The lowest BCUT2D eigenvalue weighted by molar-refractivity contribution is 0.610. The molecule has 1 nitrogen and oxygen atoms in total. The van der Waals surface area contributed by atoms with Crippen LogP contribution in [0, 0.1) is 0 Å². The molecule has 0 heterocycles. The number of hydrogen-bond acceptors (Lipinski definition) is 1. The van der Waals surface area contributed by atoms with Crippen molar-refractivity contribution in [1.29, 1.82) is 0 Å². The van der Waals surface area contributed by atoms with Gasteiger partial charge in [0, 0.05) is 11.6 Å². The Morgan fingerprint density at radius 3 is 1.33 bits per heavy atom. The van der Waals surface area contributed by atoms with Crippen LogP contribution in [-0.2, 0) is 0 Å². The molecule has 0 bridgehead atoms. The Hall–Kier alpha value is -3.62. The zero-order valence-corrected chi connectivity index (χ0v) is 21.6. The van der Waals surface area contributed by atoms with E-state index in [1.165, 1.54) is 55.7 Å². The number of fused-ring (bicyclic) bond motifs is 2. The molecular weight excluding hydrogens is 433 g/mol. The molecule has 2 atom stereocenters. The monoisotopic (exact) mass is 465 g/mol. The summed E-state index contributed by atoms with van der Waals surface area (Å²) in [5.74, 6) is 0.691. The summed E-state index contributed by atoms with van der Waals surface area (Å²) in [6.07, 6.45) is 4.88. The van der Waals surface area contributed by atoms with Gasteiger partial charge in [-0.3, -0.25) is 0 Å². The van der Waals surface area contributed by atoms with Crippen LogP contribution in [0.5, 0.6) is 0 Å². The Bertz CT molecular complexity index is 1370. The van der Waals surface area contributed by atoms with Crippen molar-refractivity contribution >= 4 is 19.0 Å². The van der Waals surface area contributed by atoms with E-state index in [2.05, 4.69) is 142 Å². The van der Waals surface area contributed by atoms with Crippen LogP contribution in [0.4, 0.5) is 0 Å². The van der Waals surface area contributed by atoms with Crippen LogP contribution in [0.2, 0.25) is 0 Å². The third-order valence-corrected chi connectivity index (χ3v) is 8.12. The molecule has 0 fully saturated rings. The van der Waals surface area contributed by atoms with Gasteiger partial charge >= 0.3 is 0 Å². The minimum Gasteiger partial charge on any atom is -0.346 e. The Morgan fingerprint density at radius 1 is 0.528 bits per heavy atom. The second kappa shape index (κ2) is 9.11. The first-order valence-corrected chi connectivity index (χ1v) is 12.9. The molecule has 2 aliphatic carbocycles. The third-order valence-electron chi connectivity index (χ3n) is 8.12. The molecule has 0 amide bonds. The molecule has 0 saturated heterocycles. The first-order chi connectivity index (χ1) is 17.5. The van der Waals surface area contributed by atoms with Gasteiger partial charge in [0.25, 0.3) is 0 Å². The molecule has 0 spiro atoms. The van der Waals surface area contributed by atoms with Crippen LogP contribution in [0.1, 0.15) is 47.7 Å². The van der Waals surface area contributed by atoms with E-state index < -0.39 is 0 Å². The number of benzene rings is 4. The standard InChI is InChI=1S/C34H32BN/c1-23-21-31-27(25-13-7-5-8-14-25)17-11-19-29(31)33(23)35(36(3)4)34-24(2)22-32-28(18-12-20-30(32)34)26-15-9-6-10-16-26/h5-22,33-34H,1-4H3. The summed E-state index contributed by atoms with van der Waals surface area (Å²) in [6, 6.07) is 35.3. The molecule has 0 N–H and O–H groups in total. The summed E-state index contributed by atoms with van der Waals surface area (Å²) in [5, 5.41) is 0. The van der Waals surface area contributed by atoms with Gasteiger partial charge in [0.2, 0.25) is 6.85 Å². The van der Waals surface area contributed by atoms with Crippen molar-refractivity contribution in [1.82, 2.24) is 4.81 Å². The first-order valence-electron chi connectivity index (χ1n) is 12.9. The number of nitrogens with zero attached hydrogens (tertiary/aromatic N) is 1. The lowest BCUT2D eigenvalue weighted by atomic mass is 9.38. The maximum absolute atomic E-state index is 2.46. The molecule has 4 aromatic carbocycles. The molecule has 4 aromatic rings. The highest BCUT2D eigenvalue weighted by molar-refractivity contribution is 6.61. The highest BCUT2D eigenvalue weighted by Crippen LogP contribution is 2.50. The van der Waals surface area contributed by atoms with Crippen LogP contribution in [0.15, 0.2) is 108 Å². The van der Waals surface area contributed by atoms with Crippen LogP contribution in [-0.4, -0.2) is 25.8 Å². The summed E-state index contributed by atoms with van der Waals surface area (Å²) in [4.78, 5) is 2.46. The lowest BCUT2D eigenvalue weighted by Gasteiger charge is -2.35. The van der Waals surface area contributed by atoms with Crippen molar-refractivity contribution in [3.05, 3.63) is 130 Å². The van der Waals surface area contributed by atoms with Gasteiger partial charge in [-0.15, -0.1) is 0 Å². The zero-order valence-electron chi connectivity index (χ0n) is 21.6. The maximum Gasteiger partial charge on any atom is 0.246 e. The fourth-order valence-corrected chi connectivity index (χ4v) is 6.59. The fourth-order valence-electron chi connectivity index (χ4n) is 6.59. The molecular formula is C34H32BN. The second-order valence-electron chi connectivity index (χ2n) is 10.5. The van der Waals surface area contributed by atoms with Gasteiger partial charge in [-0.1, -0.05) is 120 Å². The topological polar surface area (TPSA) is 3.24 Å². The number of rotatable bonds is 5. The predicted octanol–water partition coefficient (Wildman–Crippen LogP) is 8.35. The smallest absolute Gasteiger partial charge is 0.246 e. The quantitative estimate of drug-likeness (QED) is 0.268. The van der Waals surface area contributed by atoms with E-state index in [-0.39, 0.29) is 0 Å². The fraction of sp³-hybridized carbons (Fsp3) is 0.176. The minimum absolute atomic E-state index is 0.331. The van der Waals surface area contributed by atoms with E-state index in [1.54, 1.807) is 0 Å². The second-order valence-corrected chi connectivity index (χ2v) is 10.5. The van der Waals surface area contributed by atoms with Gasteiger partial charge in [-0.2, -0.15) is 0 Å². The van der Waals surface area contributed by atoms with Crippen molar-refractivity contribution in [2.24, 2.45) is 0 Å². The maximum atomic E-state index is 2.46. The van der Waals surface area contributed by atoms with Crippen molar-refractivity contribution in [3.8, 4) is 22.3 Å². The number of hydrogen-bond donors (Lipinski definition) is 0. The van der Waals surface area contributed by atoms with Crippen molar-refractivity contribution in [3.63, 3.8) is 0 Å². The van der Waals surface area contributed by atoms with Gasteiger partial charge in [0.05, 0.1) is 0 Å². The summed E-state index contributed by atoms with van der Waals surface area (Å²) in [5.41, 5.74) is 13.8. The van der Waals surface area contributed by atoms with Crippen LogP contribution in [0.3, 0.4) is 0 Å². The summed E-state index contributed by atoms with van der Waals surface area (Å²) in [7, 11) is 4.51. The van der Waals surface area contributed by atoms with Gasteiger partial charge in [0.1, 0.15) is 0 Å². The highest BCUT2D eigenvalue weighted by atomic mass is 15.0. The van der Waals surface area contributed by atoms with Crippen LogP contribution < -0.4 is 0 Å². The van der Waals surface area contributed by atoms with E-state index in [4.69, 9.17) is 0 Å². The highest BCUT2D eigenvalue weighted by Gasteiger charge is 2.44. The van der Waals surface area contributed by atoms with Crippen molar-refractivity contribution in [2.45, 2.75) is 25.5 Å². The first kappa shape index (κ1) is 22.8. The molecule has 0 aromatic heterocycles. The molecule has 2 heteroatoms. The number of allylic oxidation sites excluding steroid dienone is 2. The predicted molar refractivity (Wildman–Crippen MR) is 156 cm³/mol. The average molecular weight is 465 g/mol. The van der Waals surface area contributed by atoms with Gasteiger partial charge in [-0.25, -0.2) is 0 Å². The van der Waals surface area contributed by atoms with Crippen LogP contribution >= 0.6 is 0 Å². The van der Waals surface area contributed by atoms with Crippen molar-refractivity contribution < 1.29 is 0 Å². The Labute approximate surface area is 215 Å². The summed E-state index contributed by atoms with van der Waals surface area (Å²) in [6.45, 7) is 4.98. The zero-order chi connectivity index (χ0) is 24.8. The molecule has 0 saturated carbocycles. The minimum atomic E-state index is 0.331. The van der Waals surface area contributed by atoms with Crippen molar-refractivity contribution in [2.75, 3.05) is 14.1 Å². The molecule has 2 aliphatic rings. The van der Waals surface area contributed by atoms with E-state index in [0.717, 1.165) is 0 Å². The van der Waals surface area contributed by atoms with Gasteiger partial charge < -0.3 is 4.81 Å². The molecule has 0 aliphatic heterocycles. The molecule has 6 rings (SSSR count). The van der Waals surface area contributed by atoms with E-state index >= 15 is 0 Å². The molecule has 2 unspecified atom stereocenters. The van der Waals surface area contributed by atoms with Crippen LogP contribution in [0.25, 0.3) is 34.4 Å². The summed E-state index contributed by atoms with van der Waals surface area (Å²) < 4.78 is 0. The molecule has 0 radical (unpaired) electrons. The Morgan fingerprint density at radius 2 is 0.944 bits per heavy atom. The Balaban J connectivity index is 1.47. The average Bonchev–Trinajstić information content (AvgIpc) is 3.41. The van der Waals surface area contributed by atoms with E-state index in [0.29, 0.717) is 18.5 Å².